The van der Waals surface area contributed by atoms with E-state index in [-0.39, 0.29) is 17.5 Å². The Labute approximate surface area is 528 Å². The molecule has 0 aliphatic carbocycles. The lowest BCUT2D eigenvalue weighted by atomic mass is 9.33. The Kier molecular flexibility index (Phi) is 13.0. The van der Waals surface area contributed by atoms with Crippen LogP contribution >= 0.6 is 0 Å². The molecule has 0 unspecified atom stereocenters. The number of anilines is 6. The highest BCUT2D eigenvalue weighted by atomic mass is 15.2. The number of nitrogens with zero attached hydrogens (tertiary/aromatic N) is 5. The average molecular weight is 1160 g/mol. The molecular formula is C84H66BN5. The molecule has 6 heteroatoms. The van der Waals surface area contributed by atoms with Crippen LogP contribution in [0.25, 0.3) is 94.3 Å². The van der Waals surface area contributed by atoms with Crippen LogP contribution < -0.4 is 26.2 Å². The van der Waals surface area contributed by atoms with E-state index in [1.807, 2.05) is 12.4 Å². The van der Waals surface area contributed by atoms with Crippen molar-refractivity contribution in [3.05, 3.63) is 303 Å². The molecule has 0 amide bonds. The molecule has 430 valence electrons. The third-order valence-corrected chi connectivity index (χ3v) is 18.6. The molecule has 16 rings (SSSR count). The summed E-state index contributed by atoms with van der Waals surface area (Å²) in [4.78, 5) is 15.0. The van der Waals surface area contributed by atoms with Crippen LogP contribution in [0.4, 0.5) is 34.1 Å². The van der Waals surface area contributed by atoms with E-state index < -0.39 is 0 Å². The Morgan fingerprint density at radius 3 is 1.03 bits per heavy atom. The maximum Gasteiger partial charge on any atom is 0.252 e. The van der Waals surface area contributed by atoms with Crippen LogP contribution in [0.15, 0.2) is 292 Å². The van der Waals surface area contributed by atoms with E-state index in [4.69, 9.17) is 9.97 Å². The smallest absolute Gasteiger partial charge is 0.252 e. The Balaban J connectivity index is 1.12. The van der Waals surface area contributed by atoms with Crippen LogP contribution in [0.2, 0.25) is 0 Å². The topological polar surface area (TPSA) is 37.2 Å². The van der Waals surface area contributed by atoms with Gasteiger partial charge in [-0.3, -0.25) is 9.97 Å². The van der Waals surface area contributed by atoms with Crippen LogP contribution in [0.5, 0.6) is 0 Å². The first-order chi connectivity index (χ1) is 44.0. The summed E-state index contributed by atoms with van der Waals surface area (Å²) in [6.07, 6.45) is 8.05. The summed E-state index contributed by atoms with van der Waals surface area (Å²) in [7, 11) is 0. The maximum absolute atomic E-state index is 4.87. The van der Waals surface area contributed by atoms with E-state index in [1.54, 1.807) is 0 Å². The van der Waals surface area contributed by atoms with Crippen molar-refractivity contribution in [3.63, 3.8) is 0 Å². The van der Waals surface area contributed by atoms with Gasteiger partial charge in [0.15, 0.2) is 0 Å². The van der Waals surface area contributed by atoms with Crippen molar-refractivity contribution in [3.8, 4) is 72.4 Å². The van der Waals surface area contributed by atoms with E-state index in [0.29, 0.717) is 0 Å². The highest BCUT2D eigenvalue weighted by Gasteiger charge is 2.46. The molecule has 0 saturated carbocycles. The molecule has 0 radical (unpaired) electrons. The van der Waals surface area contributed by atoms with Gasteiger partial charge in [-0.15, -0.1) is 0 Å². The predicted octanol–water partition coefficient (Wildman–Crippen LogP) is 20.3. The van der Waals surface area contributed by atoms with Crippen LogP contribution in [0.1, 0.15) is 52.7 Å². The number of para-hydroxylation sites is 4. The lowest BCUT2D eigenvalue weighted by molar-refractivity contribution is 0.591. The largest absolute Gasteiger partial charge is 0.310 e. The SMILES string of the molecule is CC(C)(C)c1ccncc1-c1ccc2c(c1)B1c3cc(-c4cnccc4C(C)(C)C)ccc3N(c3c(-c4ccccc4)cccc3-c3ccccc3)c3cc(-n4c5ccccc5c5ccccc54)cc(c31)N2c1c(-c2ccccc2)cccc1-c1ccccc1. The second-order valence-corrected chi connectivity index (χ2v) is 26.1. The van der Waals surface area contributed by atoms with E-state index in [9.17, 15) is 0 Å². The van der Waals surface area contributed by atoms with Gasteiger partial charge in [-0.1, -0.05) is 260 Å². The van der Waals surface area contributed by atoms with Gasteiger partial charge in [-0.25, -0.2) is 0 Å². The fourth-order valence-corrected chi connectivity index (χ4v) is 14.7. The van der Waals surface area contributed by atoms with Gasteiger partial charge in [0.1, 0.15) is 0 Å². The number of hydrogen-bond acceptors (Lipinski definition) is 4. The minimum absolute atomic E-state index is 0.160. The zero-order valence-corrected chi connectivity index (χ0v) is 51.5. The van der Waals surface area contributed by atoms with Crippen molar-refractivity contribution in [2.24, 2.45) is 0 Å². The molecular weight excluding hydrogens is 1090 g/mol. The summed E-state index contributed by atoms with van der Waals surface area (Å²) in [5.41, 5.74) is 29.3. The summed E-state index contributed by atoms with van der Waals surface area (Å²) in [6.45, 7) is 13.6. The Hall–Kier alpha value is -10.8. The highest BCUT2D eigenvalue weighted by molar-refractivity contribution is 7.00. The zero-order valence-electron chi connectivity index (χ0n) is 51.5. The first kappa shape index (κ1) is 54.6. The normalized spacial score (nSPS) is 12.7. The highest BCUT2D eigenvalue weighted by Crippen LogP contribution is 2.54. The number of benzene rings is 11. The Morgan fingerprint density at radius 1 is 0.311 bits per heavy atom. The third-order valence-electron chi connectivity index (χ3n) is 18.6. The molecule has 0 spiro atoms. The number of hydrogen-bond donors (Lipinski definition) is 0. The third kappa shape index (κ3) is 8.99. The fourth-order valence-electron chi connectivity index (χ4n) is 14.7. The maximum atomic E-state index is 4.87. The van der Waals surface area contributed by atoms with Gasteiger partial charge in [-0.05, 0) is 120 Å². The monoisotopic (exact) mass is 1160 g/mol. The molecule has 11 aromatic carbocycles. The number of aromatic nitrogens is 3. The molecule has 0 fully saturated rings. The van der Waals surface area contributed by atoms with Gasteiger partial charge in [0.05, 0.1) is 28.1 Å². The van der Waals surface area contributed by atoms with Gasteiger partial charge in [0.2, 0.25) is 0 Å². The van der Waals surface area contributed by atoms with E-state index in [2.05, 4.69) is 335 Å². The molecule has 2 aliphatic heterocycles. The van der Waals surface area contributed by atoms with Crippen LogP contribution in [0.3, 0.4) is 0 Å². The predicted molar refractivity (Wildman–Crippen MR) is 380 cm³/mol. The molecule has 0 N–H and O–H groups in total. The minimum atomic E-state index is -0.280. The molecule has 14 aromatic rings. The van der Waals surface area contributed by atoms with E-state index >= 15 is 0 Å². The zero-order chi connectivity index (χ0) is 60.8. The van der Waals surface area contributed by atoms with Crippen molar-refractivity contribution in [1.29, 1.82) is 0 Å². The summed E-state index contributed by atoms with van der Waals surface area (Å²) in [5.74, 6) is 0. The second kappa shape index (κ2) is 21.5. The average Bonchev–Trinajstić information content (AvgIpc) is 0.746. The van der Waals surface area contributed by atoms with Gasteiger partial charge in [0, 0.05) is 91.7 Å². The first-order valence-corrected chi connectivity index (χ1v) is 31.4. The molecule has 5 nitrogen and oxygen atoms in total. The summed E-state index contributed by atoms with van der Waals surface area (Å²) < 4.78 is 2.51. The number of rotatable bonds is 9. The number of fused-ring (bicyclic) bond motifs is 7. The van der Waals surface area contributed by atoms with Crippen molar-refractivity contribution >= 4 is 79.0 Å². The van der Waals surface area contributed by atoms with Crippen LogP contribution in [0, 0.1) is 0 Å². The second-order valence-electron chi connectivity index (χ2n) is 26.1. The molecule has 0 atom stereocenters. The molecule has 2 aliphatic rings. The lowest BCUT2D eigenvalue weighted by Gasteiger charge is -2.46. The summed E-state index contributed by atoms with van der Waals surface area (Å²) in [6, 6.07) is 99.6. The Bertz CT molecular complexity index is 4670. The summed E-state index contributed by atoms with van der Waals surface area (Å²) in [5, 5.41) is 2.41. The van der Waals surface area contributed by atoms with Gasteiger partial charge in [-0.2, -0.15) is 0 Å². The van der Waals surface area contributed by atoms with Gasteiger partial charge in [0.25, 0.3) is 6.71 Å². The van der Waals surface area contributed by atoms with Crippen molar-refractivity contribution in [2.45, 2.75) is 52.4 Å². The lowest BCUT2D eigenvalue weighted by Crippen LogP contribution is -2.61. The van der Waals surface area contributed by atoms with E-state index in [1.165, 1.54) is 38.3 Å². The first-order valence-electron chi connectivity index (χ1n) is 31.4. The van der Waals surface area contributed by atoms with Crippen molar-refractivity contribution in [1.82, 2.24) is 14.5 Å². The molecule has 3 aromatic heterocycles. The van der Waals surface area contributed by atoms with Gasteiger partial charge >= 0.3 is 0 Å². The standard InChI is InChI=1S/C84H66BN5/c1-83(2,3)70-45-47-86-53-68(70)59-41-43-76-72(49-59)85-73-50-60(69-54-87-48-46-71(69)84(4,5)6)42-44-77(73)90(82-64(57-29-15-9-16-30-57)37-24-38-65(82)58-31-17-10-18-32-58)79-52-61(88-74-39-21-19-33-66(74)67-34-20-22-40-75(67)88)51-78(80(79)85)89(76)81-62(55-25-11-7-12-26-55)35-23-36-63(81)56-27-13-8-14-28-56/h7-54H,1-6H3. The van der Waals surface area contributed by atoms with Crippen LogP contribution in [-0.2, 0) is 10.8 Å². The van der Waals surface area contributed by atoms with Gasteiger partial charge < -0.3 is 14.4 Å². The van der Waals surface area contributed by atoms with E-state index in [0.717, 1.165) is 118 Å². The van der Waals surface area contributed by atoms with Crippen LogP contribution in [-0.4, -0.2) is 21.2 Å². The number of pyridine rings is 2. The van der Waals surface area contributed by atoms with Crippen molar-refractivity contribution < 1.29 is 0 Å². The van der Waals surface area contributed by atoms with Crippen molar-refractivity contribution in [2.75, 3.05) is 9.80 Å². The quantitative estimate of drug-likeness (QED) is 0.135. The molecule has 5 heterocycles. The Morgan fingerprint density at radius 2 is 0.667 bits per heavy atom. The molecule has 0 bridgehead atoms. The minimum Gasteiger partial charge on any atom is -0.310 e. The molecule has 90 heavy (non-hydrogen) atoms. The fraction of sp³-hybridized carbons (Fsp3) is 0.0952. The summed E-state index contributed by atoms with van der Waals surface area (Å²) >= 11 is 0. The molecule has 0 saturated heterocycles.